The fraction of sp³-hybridized carbons (Fsp3) is 1.00. The van der Waals surface area contributed by atoms with Crippen LogP contribution in [0.2, 0.25) is 0 Å². The predicted octanol–water partition coefficient (Wildman–Crippen LogP) is 2.71. The molecule has 0 amide bonds. The van der Waals surface area contributed by atoms with Crippen LogP contribution >= 0.6 is 0 Å². The molecule has 1 saturated carbocycles. The fourth-order valence-corrected chi connectivity index (χ4v) is 7.87. The van der Waals surface area contributed by atoms with Gasteiger partial charge in [0, 0.05) is 20.3 Å². The SMILES string of the molecule is CCN(CC)[Si](OC)(OC)N1CCCC2CCCCC21. The summed E-state index contributed by atoms with van der Waals surface area (Å²) >= 11 is 0. The molecular weight excluding hydrogens is 268 g/mol. The van der Waals surface area contributed by atoms with E-state index in [0.717, 1.165) is 25.6 Å². The number of hydrogen-bond donors (Lipinski definition) is 0. The van der Waals surface area contributed by atoms with Crippen molar-refractivity contribution in [1.29, 1.82) is 0 Å². The highest BCUT2D eigenvalue weighted by molar-refractivity contribution is 6.61. The first-order chi connectivity index (χ1) is 9.73. The highest BCUT2D eigenvalue weighted by Crippen LogP contribution is 2.38. The summed E-state index contributed by atoms with van der Waals surface area (Å²) in [7, 11) is 1.28. The molecule has 0 bridgehead atoms. The lowest BCUT2D eigenvalue weighted by Crippen LogP contribution is -2.73. The Morgan fingerprint density at radius 3 is 2.20 bits per heavy atom. The number of piperidine rings is 1. The molecular formula is C15H32N2O2Si. The highest BCUT2D eigenvalue weighted by atomic mass is 28.4. The van der Waals surface area contributed by atoms with Gasteiger partial charge in [-0.2, -0.15) is 0 Å². The Kier molecular flexibility index (Phi) is 6.04. The van der Waals surface area contributed by atoms with Crippen molar-refractivity contribution in [3.8, 4) is 0 Å². The van der Waals surface area contributed by atoms with Crippen molar-refractivity contribution in [2.75, 3.05) is 33.9 Å². The van der Waals surface area contributed by atoms with E-state index in [1.54, 1.807) is 0 Å². The summed E-state index contributed by atoms with van der Waals surface area (Å²) < 4.78 is 17.3. The van der Waals surface area contributed by atoms with Crippen molar-refractivity contribution in [3.05, 3.63) is 0 Å². The summed E-state index contributed by atoms with van der Waals surface area (Å²) in [5.41, 5.74) is 0. The number of nitrogens with zero attached hydrogens (tertiary/aromatic N) is 2. The molecule has 1 heterocycles. The zero-order valence-corrected chi connectivity index (χ0v) is 14.7. The van der Waals surface area contributed by atoms with E-state index in [2.05, 4.69) is 23.0 Å². The summed E-state index contributed by atoms with van der Waals surface area (Å²) in [6.45, 7) is 7.57. The lowest BCUT2D eigenvalue weighted by atomic mass is 9.79. The van der Waals surface area contributed by atoms with Gasteiger partial charge in [0.05, 0.1) is 0 Å². The van der Waals surface area contributed by atoms with Gasteiger partial charge in [-0.05, 0) is 51.2 Å². The van der Waals surface area contributed by atoms with Crippen LogP contribution in [0, 0.1) is 5.92 Å². The van der Waals surface area contributed by atoms with Gasteiger partial charge < -0.3 is 8.85 Å². The van der Waals surface area contributed by atoms with E-state index < -0.39 is 8.88 Å². The van der Waals surface area contributed by atoms with Crippen molar-refractivity contribution in [2.24, 2.45) is 5.92 Å². The Labute approximate surface area is 125 Å². The molecule has 2 rings (SSSR count). The van der Waals surface area contributed by atoms with Gasteiger partial charge in [0.15, 0.2) is 0 Å². The van der Waals surface area contributed by atoms with Gasteiger partial charge in [0.1, 0.15) is 0 Å². The summed E-state index contributed by atoms with van der Waals surface area (Å²) in [5.74, 6) is 0.866. The van der Waals surface area contributed by atoms with E-state index in [9.17, 15) is 0 Å². The predicted molar refractivity (Wildman–Crippen MR) is 84.4 cm³/mol. The molecule has 0 spiro atoms. The van der Waals surface area contributed by atoms with Crippen LogP contribution in [-0.4, -0.2) is 57.9 Å². The molecule has 118 valence electrons. The third-order valence-electron chi connectivity index (χ3n) is 5.30. The minimum atomic E-state index is -2.41. The number of hydrogen-bond acceptors (Lipinski definition) is 4. The topological polar surface area (TPSA) is 24.9 Å². The van der Waals surface area contributed by atoms with Crippen molar-refractivity contribution in [2.45, 2.75) is 58.4 Å². The van der Waals surface area contributed by atoms with Gasteiger partial charge in [-0.15, -0.1) is 0 Å². The monoisotopic (exact) mass is 300 g/mol. The van der Waals surface area contributed by atoms with Gasteiger partial charge in [-0.3, -0.25) is 9.13 Å². The molecule has 0 N–H and O–H groups in total. The zero-order chi connectivity index (χ0) is 14.6. The molecule has 2 atom stereocenters. The Bertz CT molecular complexity index is 294. The molecule has 0 radical (unpaired) electrons. The van der Waals surface area contributed by atoms with Crippen LogP contribution in [0.4, 0.5) is 0 Å². The second-order valence-corrected chi connectivity index (χ2v) is 9.20. The maximum Gasteiger partial charge on any atom is 0.522 e. The summed E-state index contributed by atoms with van der Waals surface area (Å²) in [5, 5.41) is 0. The van der Waals surface area contributed by atoms with E-state index in [1.165, 1.54) is 38.5 Å². The number of rotatable bonds is 6. The maximum atomic E-state index is 6.09. The molecule has 20 heavy (non-hydrogen) atoms. The van der Waals surface area contributed by atoms with E-state index >= 15 is 0 Å². The minimum absolute atomic E-state index is 0.685. The van der Waals surface area contributed by atoms with Crippen LogP contribution in [-0.2, 0) is 8.85 Å². The summed E-state index contributed by atoms with van der Waals surface area (Å²) in [6, 6.07) is 0.685. The molecule has 1 aliphatic heterocycles. The molecule has 1 aliphatic carbocycles. The standard InChI is InChI=1S/C15H32N2O2Si/c1-5-16(6-2)20(18-3,19-4)17-13-9-11-14-10-7-8-12-15(14)17/h14-15H,5-13H2,1-4H3. The average molecular weight is 301 g/mol. The van der Waals surface area contributed by atoms with Gasteiger partial charge in [-0.25, -0.2) is 0 Å². The first-order valence-electron chi connectivity index (χ1n) is 8.35. The second-order valence-electron chi connectivity index (χ2n) is 6.08. The third kappa shape index (κ3) is 2.83. The van der Waals surface area contributed by atoms with Crippen molar-refractivity contribution in [1.82, 2.24) is 9.13 Å². The van der Waals surface area contributed by atoms with Gasteiger partial charge >= 0.3 is 8.88 Å². The van der Waals surface area contributed by atoms with E-state index in [-0.39, 0.29) is 0 Å². The van der Waals surface area contributed by atoms with Gasteiger partial charge in [0.2, 0.25) is 0 Å². The van der Waals surface area contributed by atoms with Crippen molar-refractivity contribution >= 4 is 8.88 Å². The normalized spacial score (nSPS) is 28.6. The summed E-state index contributed by atoms with van der Waals surface area (Å²) in [6.07, 6.45) is 8.20. The van der Waals surface area contributed by atoms with Gasteiger partial charge in [0.25, 0.3) is 0 Å². The molecule has 4 nitrogen and oxygen atoms in total. The van der Waals surface area contributed by atoms with E-state index in [0.29, 0.717) is 6.04 Å². The van der Waals surface area contributed by atoms with Crippen LogP contribution < -0.4 is 0 Å². The molecule has 0 aromatic carbocycles. The molecule has 2 unspecified atom stereocenters. The smallest absolute Gasteiger partial charge is 0.374 e. The highest BCUT2D eigenvalue weighted by Gasteiger charge is 2.54. The Morgan fingerprint density at radius 1 is 1.00 bits per heavy atom. The van der Waals surface area contributed by atoms with E-state index in [1.807, 2.05) is 14.2 Å². The first-order valence-corrected chi connectivity index (χ1v) is 10.1. The van der Waals surface area contributed by atoms with Gasteiger partial charge in [-0.1, -0.05) is 26.7 Å². The second kappa shape index (κ2) is 7.36. The minimum Gasteiger partial charge on any atom is -0.374 e. The van der Waals surface area contributed by atoms with Crippen molar-refractivity contribution in [3.63, 3.8) is 0 Å². The Hall–Kier alpha value is 0.0569. The fourth-order valence-electron chi connectivity index (χ4n) is 4.36. The van der Waals surface area contributed by atoms with Crippen LogP contribution in [0.1, 0.15) is 52.4 Å². The summed E-state index contributed by atoms with van der Waals surface area (Å²) in [4.78, 5) is 0. The molecule has 0 aromatic heterocycles. The average Bonchev–Trinajstić information content (AvgIpc) is 2.52. The van der Waals surface area contributed by atoms with Crippen LogP contribution in [0.15, 0.2) is 0 Å². The Balaban J connectivity index is 2.26. The third-order valence-corrected chi connectivity index (χ3v) is 9.08. The lowest BCUT2D eigenvalue weighted by molar-refractivity contribution is 0.0275. The van der Waals surface area contributed by atoms with E-state index in [4.69, 9.17) is 8.85 Å². The lowest BCUT2D eigenvalue weighted by Gasteiger charge is -2.52. The zero-order valence-electron chi connectivity index (χ0n) is 13.7. The molecule has 1 saturated heterocycles. The molecule has 2 aliphatic rings. The molecule has 5 heteroatoms. The van der Waals surface area contributed by atoms with Crippen LogP contribution in [0.3, 0.4) is 0 Å². The quantitative estimate of drug-likeness (QED) is 0.704. The number of fused-ring (bicyclic) bond motifs is 1. The maximum absolute atomic E-state index is 6.09. The largest absolute Gasteiger partial charge is 0.522 e. The Morgan fingerprint density at radius 2 is 1.60 bits per heavy atom. The first kappa shape index (κ1) is 16.4. The molecule has 0 aromatic rings. The van der Waals surface area contributed by atoms with Crippen LogP contribution in [0.5, 0.6) is 0 Å². The molecule has 2 fully saturated rings. The van der Waals surface area contributed by atoms with Crippen molar-refractivity contribution < 1.29 is 8.85 Å². The van der Waals surface area contributed by atoms with Crippen LogP contribution in [0.25, 0.3) is 0 Å².